The van der Waals surface area contributed by atoms with Crippen LogP contribution < -0.4 is 5.32 Å². The minimum atomic E-state index is -0.572. The van der Waals surface area contributed by atoms with Crippen molar-refractivity contribution in [3.63, 3.8) is 0 Å². The van der Waals surface area contributed by atoms with E-state index in [4.69, 9.17) is 0 Å². The van der Waals surface area contributed by atoms with Crippen molar-refractivity contribution in [1.29, 1.82) is 0 Å². The molecule has 0 unspecified atom stereocenters. The molecule has 0 radical (unpaired) electrons. The summed E-state index contributed by atoms with van der Waals surface area (Å²) in [6.07, 6.45) is 2.32. The second-order valence-electron chi connectivity index (χ2n) is 4.68. The molecular weight excluding hydrogens is 263 g/mol. The van der Waals surface area contributed by atoms with Crippen LogP contribution in [-0.4, -0.2) is 66.4 Å². The minimum absolute atomic E-state index is 0.0185. The van der Waals surface area contributed by atoms with E-state index in [0.29, 0.717) is 13.1 Å². The molecule has 1 aromatic rings. The number of rotatable bonds is 3. The average Bonchev–Trinajstić information content (AvgIpc) is 2.47. The standard InChI is InChI=1S/C13H17FN4O2/c1-17(9-12(19)18-4-2-15-3-5-18)13(20)10-6-11(14)8-16-7-10/h6-8,15H,2-5,9H2,1H3. The summed E-state index contributed by atoms with van der Waals surface area (Å²) < 4.78 is 13.0. The van der Waals surface area contributed by atoms with Crippen molar-refractivity contribution in [2.45, 2.75) is 0 Å². The molecule has 2 heterocycles. The predicted octanol–water partition coefficient (Wildman–Crippen LogP) is -0.275. The number of amides is 2. The highest BCUT2D eigenvalue weighted by Gasteiger charge is 2.21. The van der Waals surface area contributed by atoms with Crippen molar-refractivity contribution in [3.8, 4) is 0 Å². The fourth-order valence-corrected chi connectivity index (χ4v) is 2.04. The van der Waals surface area contributed by atoms with E-state index < -0.39 is 11.7 Å². The fraction of sp³-hybridized carbons (Fsp3) is 0.462. The van der Waals surface area contributed by atoms with Crippen LogP contribution >= 0.6 is 0 Å². The summed E-state index contributed by atoms with van der Waals surface area (Å²) in [5.41, 5.74) is 0.139. The molecule has 1 aliphatic heterocycles. The Morgan fingerprint density at radius 1 is 1.40 bits per heavy atom. The number of nitrogens with zero attached hydrogens (tertiary/aromatic N) is 3. The molecule has 0 atom stereocenters. The van der Waals surface area contributed by atoms with Gasteiger partial charge >= 0.3 is 0 Å². The molecule has 20 heavy (non-hydrogen) atoms. The van der Waals surface area contributed by atoms with E-state index in [9.17, 15) is 14.0 Å². The van der Waals surface area contributed by atoms with Gasteiger partial charge in [0.05, 0.1) is 18.3 Å². The molecule has 2 rings (SSSR count). The van der Waals surface area contributed by atoms with E-state index in [1.165, 1.54) is 18.1 Å². The zero-order chi connectivity index (χ0) is 14.5. The Labute approximate surface area is 116 Å². The van der Waals surface area contributed by atoms with Crippen LogP contribution in [0.25, 0.3) is 0 Å². The Hall–Kier alpha value is -2.02. The van der Waals surface area contributed by atoms with E-state index in [1.54, 1.807) is 4.90 Å². The first-order valence-electron chi connectivity index (χ1n) is 6.42. The molecule has 1 aliphatic rings. The molecule has 7 heteroatoms. The number of aromatic nitrogens is 1. The van der Waals surface area contributed by atoms with Gasteiger partial charge in [0.25, 0.3) is 5.91 Å². The number of hydrogen-bond donors (Lipinski definition) is 1. The third kappa shape index (κ3) is 3.51. The number of piperazine rings is 1. The van der Waals surface area contributed by atoms with E-state index >= 15 is 0 Å². The first-order valence-corrected chi connectivity index (χ1v) is 6.42. The first kappa shape index (κ1) is 14.4. The molecule has 1 aromatic heterocycles. The maximum atomic E-state index is 13.0. The largest absolute Gasteiger partial charge is 0.339 e. The summed E-state index contributed by atoms with van der Waals surface area (Å²) in [7, 11) is 1.52. The Morgan fingerprint density at radius 3 is 2.75 bits per heavy atom. The van der Waals surface area contributed by atoms with Crippen molar-refractivity contribution in [3.05, 3.63) is 29.8 Å². The highest BCUT2D eigenvalue weighted by molar-refractivity contribution is 5.96. The van der Waals surface area contributed by atoms with Gasteiger partial charge in [-0.05, 0) is 6.07 Å². The summed E-state index contributed by atoms with van der Waals surface area (Å²) in [4.78, 5) is 30.7. The number of nitrogens with one attached hydrogen (secondary N) is 1. The molecule has 1 saturated heterocycles. The number of hydrogen-bond acceptors (Lipinski definition) is 4. The first-order chi connectivity index (χ1) is 9.58. The van der Waals surface area contributed by atoms with Gasteiger partial charge in [0, 0.05) is 39.4 Å². The van der Waals surface area contributed by atoms with Crippen molar-refractivity contribution < 1.29 is 14.0 Å². The van der Waals surface area contributed by atoms with Gasteiger partial charge in [-0.1, -0.05) is 0 Å². The summed E-state index contributed by atoms with van der Waals surface area (Å²) in [6, 6.07) is 1.11. The Balaban J connectivity index is 1.95. The fourth-order valence-electron chi connectivity index (χ4n) is 2.04. The Bertz CT molecular complexity index is 503. The van der Waals surface area contributed by atoms with E-state index in [-0.39, 0.29) is 18.0 Å². The second kappa shape index (κ2) is 6.42. The van der Waals surface area contributed by atoms with Gasteiger partial charge in [-0.25, -0.2) is 4.39 Å². The molecule has 1 N–H and O–H groups in total. The molecule has 0 aromatic carbocycles. The quantitative estimate of drug-likeness (QED) is 0.827. The normalized spacial score (nSPS) is 15.0. The molecule has 2 amide bonds. The van der Waals surface area contributed by atoms with Gasteiger partial charge in [-0.2, -0.15) is 0 Å². The van der Waals surface area contributed by atoms with Gasteiger partial charge in [-0.15, -0.1) is 0 Å². The summed E-state index contributed by atoms with van der Waals surface area (Å²) in [6.45, 7) is 2.79. The van der Waals surface area contributed by atoms with Crippen LogP contribution in [0.5, 0.6) is 0 Å². The number of halogens is 1. The number of pyridine rings is 1. The van der Waals surface area contributed by atoms with Crippen LogP contribution in [-0.2, 0) is 4.79 Å². The number of likely N-dealkylation sites (N-methyl/N-ethyl adjacent to an activating group) is 1. The van der Waals surface area contributed by atoms with Gasteiger partial charge in [-0.3, -0.25) is 14.6 Å². The lowest BCUT2D eigenvalue weighted by atomic mass is 10.2. The zero-order valence-corrected chi connectivity index (χ0v) is 11.3. The monoisotopic (exact) mass is 280 g/mol. The molecule has 6 nitrogen and oxygen atoms in total. The SMILES string of the molecule is CN(CC(=O)N1CCNCC1)C(=O)c1cncc(F)c1. The minimum Gasteiger partial charge on any atom is -0.339 e. The van der Waals surface area contributed by atoms with Gasteiger partial charge < -0.3 is 15.1 Å². The molecule has 0 aliphatic carbocycles. The molecule has 1 fully saturated rings. The van der Waals surface area contributed by atoms with Crippen LogP contribution in [0.1, 0.15) is 10.4 Å². The number of carbonyl (C=O) groups excluding carboxylic acids is 2. The van der Waals surface area contributed by atoms with Crippen LogP contribution in [0.15, 0.2) is 18.5 Å². The summed E-state index contributed by atoms with van der Waals surface area (Å²) >= 11 is 0. The summed E-state index contributed by atoms with van der Waals surface area (Å²) in [5, 5.41) is 3.15. The molecular formula is C13H17FN4O2. The lowest BCUT2D eigenvalue weighted by Gasteiger charge is -2.29. The van der Waals surface area contributed by atoms with E-state index in [0.717, 1.165) is 25.4 Å². The van der Waals surface area contributed by atoms with Crippen molar-refractivity contribution in [2.75, 3.05) is 39.8 Å². The van der Waals surface area contributed by atoms with Crippen molar-refractivity contribution >= 4 is 11.8 Å². The lowest BCUT2D eigenvalue weighted by molar-refractivity contribution is -0.132. The maximum absolute atomic E-state index is 13.0. The van der Waals surface area contributed by atoms with E-state index in [1.807, 2.05) is 0 Å². The maximum Gasteiger partial charge on any atom is 0.255 e. The zero-order valence-electron chi connectivity index (χ0n) is 11.3. The van der Waals surface area contributed by atoms with Gasteiger partial charge in [0.15, 0.2) is 0 Å². The van der Waals surface area contributed by atoms with Crippen LogP contribution in [0.4, 0.5) is 4.39 Å². The molecule has 0 saturated carbocycles. The van der Waals surface area contributed by atoms with Crippen LogP contribution in [0, 0.1) is 5.82 Å². The second-order valence-corrected chi connectivity index (χ2v) is 4.68. The Kier molecular flexibility index (Phi) is 4.62. The molecule has 0 spiro atoms. The predicted molar refractivity (Wildman–Crippen MR) is 70.6 cm³/mol. The van der Waals surface area contributed by atoms with Crippen LogP contribution in [0.2, 0.25) is 0 Å². The highest BCUT2D eigenvalue weighted by Crippen LogP contribution is 2.05. The smallest absolute Gasteiger partial charge is 0.255 e. The molecule has 0 bridgehead atoms. The number of carbonyl (C=O) groups is 2. The van der Waals surface area contributed by atoms with E-state index in [2.05, 4.69) is 10.3 Å². The van der Waals surface area contributed by atoms with Crippen LogP contribution in [0.3, 0.4) is 0 Å². The molecule has 108 valence electrons. The third-order valence-electron chi connectivity index (χ3n) is 3.14. The average molecular weight is 280 g/mol. The van der Waals surface area contributed by atoms with Gasteiger partial charge in [0.2, 0.25) is 5.91 Å². The summed E-state index contributed by atoms with van der Waals surface area (Å²) in [5.74, 6) is -1.09. The topological polar surface area (TPSA) is 65.5 Å². The lowest BCUT2D eigenvalue weighted by Crippen LogP contribution is -2.49. The van der Waals surface area contributed by atoms with Gasteiger partial charge in [0.1, 0.15) is 5.82 Å². The Morgan fingerprint density at radius 2 is 2.10 bits per heavy atom. The van der Waals surface area contributed by atoms with Crippen molar-refractivity contribution in [1.82, 2.24) is 20.1 Å². The third-order valence-corrected chi connectivity index (χ3v) is 3.14. The van der Waals surface area contributed by atoms with Crippen molar-refractivity contribution in [2.24, 2.45) is 0 Å². The highest BCUT2D eigenvalue weighted by atomic mass is 19.1.